The van der Waals surface area contributed by atoms with Crippen molar-refractivity contribution in [3.05, 3.63) is 58.5 Å². The van der Waals surface area contributed by atoms with Gasteiger partial charge in [0.15, 0.2) is 0 Å². The predicted octanol–water partition coefficient (Wildman–Crippen LogP) is 1.81. The van der Waals surface area contributed by atoms with E-state index in [1.54, 1.807) is 23.5 Å². The minimum absolute atomic E-state index is 0.0325. The van der Waals surface area contributed by atoms with Gasteiger partial charge in [-0.25, -0.2) is 4.68 Å². The number of rotatable bonds is 4. The van der Waals surface area contributed by atoms with Gasteiger partial charge < -0.3 is 9.80 Å². The molecule has 2 aromatic heterocycles. The Morgan fingerprint density at radius 2 is 1.86 bits per heavy atom. The standard InChI is InChI=1S/C20H20N6O2S/c27-19(14-3-1-4-15(11-14)26-13-21-22-23-26)24-6-8-25(9-7-24)20(28)17-12-16(17)18-5-2-10-29-18/h1-5,10-11,13,16-17H,6-9,12H2/t16-,17-/m0/s1. The number of nitrogens with zero attached hydrogens (tertiary/aromatic N) is 6. The Labute approximate surface area is 171 Å². The molecule has 1 saturated heterocycles. The molecule has 0 radical (unpaired) electrons. The van der Waals surface area contributed by atoms with Crippen LogP contribution in [-0.2, 0) is 4.79 Å². The minimum Gasteiger partial charge on any atom is -0.339 e. The van der Waals surface area contributed by atoms with Gasteiger partial charge in [0.2, 0.25) is 5.91 Å². The third-order valence-corrected chi connectivity index (χ3v) is 6.61. The van der Waals surface area contributed by atoms with Gasteiger partial charge in [0, 0.05) is 48.5 Å². The molecule has 29 heavy (non-hydrogen) atoms. The smallest absolute Gasteiger partial charge is 0.254 e. The molecule has 2 amide bonds. The van der Waals surface area contributed by atoms with Crippen LogP contribution in [0, 0.1) is 5.92 Å². The molecule has 3 heterocycles. The molecule has 0 spiro atoms. The van der Waals surface area contributed by atoms with E-state index >= 15 is 0 Å². The number of tetrazole rings is 1. The molecule has 9 heteroatoms. The number of benzene rings is 1. The van der Waals surface area contributed by atoms with Gasteiger partial charge in [-0.3, -0.25) is 9.59 Å². The Hall–Kier alpha value is -3.07. The van der Waals surface area contributed by atoms with Gasteiger partial charge in [0.05, 0.1) is 5.69 Å². The lowest BCUT2D eigenvalue weighted by Gasteiger charge is -2.35. The third kappa shape index (κ3) is 3.53. The Balaban J connectivity index is 1.19. The van der Waals surface area contributed by atoms with E-state index in [0.717, 1.165) is 12.1 Å². The van der Waals surface area contributed by atoms with Gasteiger partial charge in [-0.15, -0.1) is 16.4 Å². The van der Waals surface area contributed by atoms with Crippen LogP contribution in [0.1, 0.15) is 27.6 Å². The van der Waals surface area contributed by atoms with Crippen molar-refractivity contribution in [3.8, 4) is 5.69 Å². The maximum atomic E-state index is 12.9. The molecule has 8 nitrogen and oxygen atoms in total. The van der Waals surface area contributed by atoms with Gasteiger partial charge in [-0.2, -0.15) is 0 Å². The number of hydrogen-bond donors (Lipinski definition) is 0. The van der Waals surface area contributed by atoms with E-state index in [0.29, 0.717) is 37.7 Å². The first-order valence-corrected chi connectivity index (χ1v) is 10.5. The Bertz CT molecular complexity index is 1010. The number of carbonyl (C=O) groups excluding carboxylic acids is 2. The summed E-state index contributed by atoms with van der Waals surface area (Å²) in [6.07, 6.45) is 2.44. The molecule has 5 rings (SSSR count). The minimum atomic E-state index is -0.0325. The largest absolute Gasteiger partial charge is 0.339 e. The number of piperazine rings is 1. The zero-order valence-electron chi connectivity index (χ0n) is 15.7. The van der Waals surface area contributed by atoms with Crippen molar-refractivity contribution in [2.24, 2.45) is 5.92 Å². The highest BCUT2D eigenvalue weighted by Gasteiger charge is 2.46. The molecule has 1 aromatic carbocycles. The molecule has 2 aliphatic rings. The number of carbonyl (C=O) groups is 2. The third-order valence-electron chi connectivity index (χ3n) is 5.60. The summed E-state index contributed by atoms with van der Waals surface area (Å²) in [4.78, 5) is 30.7. The SMILES string of the molecule is O=C(c1cccc(-n2cnnn2)c1)N1CCN(C(=O)[C@H]2C[C@@H]2c2cccs2)CC1. The molecule has 0 N–H and O–H groups in total. The van der Waals surface area contributed by atoms with E-state index in [1.165, 1.54) is 15.9 Å². The molecule has 2 fully saturated rings. The lowest BCUT2D eigenvalue weighted by molar-refractivity contribution is -0.134. The lowest BCUT2D eigenvalue weighted by Crippen LogP contribution is -2.51. The fourth-order valence-electron chi connectivity index (χ4n) is 3.89. The van der Waals surface area contributed by atoms with Crippen LogP contribution in [0.3, 0.4) is 0 Å². The first-order chi connectivity index (χ1) is 14.2. The van der Waals surface area contributed by atoms with E-state index in [1.807, 2.05) is 28.0 Å². The maximum absolute atomic E-state index is 12.9. The first kappa shape index (κ1) is 18.0. The molecule has 1 aliphatic carbocycles. The van der Waals surface area contributed by atoms with Crippen molar-refractivity contribution < 1.29 is 9.59 Å². The van der Waals surface area contributed by atoms with Gasteiger partial charge in [-0.1, -0.05) is 12.1 Å². The van der Waals surface area contributed by atoms with Gasteiger partial charge in [0.1, 0.15) is 6.33 Å². The van der Waals surface area contributed by atoms with Crippen LogP contribution >= 0.6 is 11.3 Å². The maximum Gasteiger partial charge on any atom is 0.254 e. The van der Waals surface area contributed by atoms with Gasteiger partial charge in [-0.05, 0) is 46.5 Å². The molecule has 0 bridgehead atoms. The number of amides is 2. The van der Waals surface area contributed by atoms with Crippen LogP contribution < -0.4 is 0 Å². The van der Waals surface area contributed by atoms with Crippen LogP contribution in [0.2, 0.25) is 0 Å². The van der Waals surface area contributed by atoms with E-state index in [9.17, 15) is 9.59 Å². The monoisotopic (exact) mass is 408 g/mol. The molecular weight excluding hydrogens is 388 g/mol. The van der Waals surface area contributed by atoms with Crippen molar-refractivity contribution in [2.45, 2.75) is 12.3 Å². The predicted molar refractivity (Wildman–Crippen MR) is 107 cm³/mol. The van der Waals surface area contributed by atoms with Crippen molar-refractivity contribution in [2.75, 3.05) is 26.2 Å². The van der Waals surface area contributed by atoms with E-state index in [2.05, 4.69) is 27.0 Å². The van der Waals surface area contributed by atoms with Crippen molar-refractivity contribution in [1.82, 2.24) is 30.0 Å². The Morgan fingerprint density at radius 3 is 2.59 bits per heavy atom. The molecule has 148 valence electrons. The Morgan fingerprint density at radius 1 is 1.03 bits per heavy atom. The fraction of sp³-hybridized carbons (Fsp3) is 0.350. The summed E-state index contributed by atoms with van der Waals surface area (Å²) >= 11 is 1.73. The number of hydrogen-bond acceptors (Lipinski definition) is 6. The highest BCUT2D eigenvalue weighted by atomic mass is 32.1. The summed E-state index contributed by atoms with van der Waals surface area (Å²) in [6, 6.07) is 11.4. The second kappa shape index (κ2) is 7.40. The molecule has 1 aliphatic heterocycles. The molecule has 2 atom stereocenters. The van der Waals surface area contributed by atoms with E-state index in [4.69, 9.17) is 0 Å². The first-order valence-electron chi connectivity index (χ1n) is 9.65. The van der Waals surface area contributed by atoms with Crippen LogP contribution in [0.5, 0.6) is 0 Å². The average molecular weight is 408 g/mol. The highest BCUT2D eigenvalue weighted by Crippen LogP contribution is 2.50. The molecular formula is C20H20N6O2S. The molecule has 1 saturated carbocycles. The van der Waals surface area contributed by atoms with Crippen molar-refractivity contribution in [3.63, 3.8) is 0 Å². The normalized spacial score (nSPS) is 21.2. The second-order valence-electron chi connectivity index (χ2n) is 7.39. The Kier molecular flexibility index (Phi) is 4.59. The fourth-order valence-corrected chi connectivity index (χ4v) is 4.80. The average Bonchev–Trinajstić information content (AvgIpc) is 3.16. The summed E-state index contributed by atoms with van der Waals surface area (Å²) in [5.74, 6) is 0.700. The zero-order chi connectivity index (χ0) is 19.8. The van der Waals surface area contributed by atoms with E-state index < -0.39 is 0 Å². The summed E-state index contributed by atoms with van der Waals surface area (Å²) in [7, 11) is 0. The number of thiophene rings is 1. The molecule has 3 aromatic rings. The van der Waals surface area contributed by atoms with Crippen LogP contribution in [-0.4, -0.2) is 68.0 Å². The second-order valence-corrected chi connectivity index (χ2v) is 8.37. The lowest BCUT2D eigenvalue weighted by atomic mass is 10.1. The summed E-state index contributed by atoms with van der Waals surface area (Å²) in [5, 5.41) is 13.2. The van der Waals surface area contributed by atoms with Crippen LogP contribution in [0.25, 0.3) is 5.69 Å². The van der Waals surface area contributed by atoms with Gasteiger partial charge in [0.25, 0.3) is 5.91 Å². The van der Waals surface area contributed by atoms with Crippen molar-refractivity contribution in [1.29, 1.82) is 0 Å². The summed E-state index contributed by atoms with van der Waals surface area (Å²) in [6.45, 7) is 2.28. The number of aromatic nitrogens is 4. The zero-order valence-corrected chi connectivity index (χ0v) is 16.5. The molecule has 0 unspecified atom stereocenters. The van der Waals surface area contributed by atoms with Crippen LogP contribution in [0.4, 0.5) is 0 Å². The quantitative estimate of drug-likeness (QED) is 0.657. The van der Waals surface area contributed by atoms with E-state index in [-0.39, 0.29) is 17.7 Å². The van der Waals surface area contributed by atoms with Crippen molar-refractivity contribution >= 4 is 23.2 Å². The topological polar surface area (TPSA) is 84.2 Å². The van der Waals surface area contributed by atoms with Gasteiger partial charge >= 0.3 is 0 Å². The van der Waals surface area contributed by atoms with Crippen LogP contribution in [0.15, 0.2) is 48.1 Å². The summed E-state index contributed by atoms with van der Waals surface area (Å²) in [5.41, 5.74) is 1.33. The highest BCUT2D eigenvalue weighted by molar-refractivity contribution is 7.10. The summed E-state index contributed by atoms with van der Waals surface area (Å²) < 4.78 is 1.52.